The second-order valence-electron chi connectivity index (χ2n) is 6.36. The number of anilines is 2. The average molecular weight is 482 g/mol. The van der Waals surface area contributed by atoms with Crippen molar-refractivity contribution in [3.63, 3.8) is 0 Å². The summed E-state index contributed by atoms with van der Waals surface area (Å²) in [6.45, 7) is 2.79. The highest BCUT2D eigenvalue weighted by molar-refractivity contribution is 14.0. The molecular weight excluding hydrogens is 455 g/mol. The molecule has 0 aliphatic carbocycles. The lowest BCUT2D eigenvalue weighted by Gasteiger charge is -2.18. The third kappa shape index (κ3) is 5.66. The molecule has 0 amide bonds. The minimum Gasteiger partial charge on any atom is -0.493 e. The smallest absolute Gasteiger partial charge is 0.193 e. The number of nitrogens with two attached hydrogens (primary N) is 1. The van der Waals surface area contributed by atoms with Crippen molar-refractivity contribution in [2.24, 2.45) is 16.6 Å². The van der Waals surface area contributed by atoms with E-state index in [4.69, 9.17) is 15.2 Å². The summed E-state index contributed by atoms with van der Waals surface area (Å²) in [6, 6.07) is 16.1. The van der Waals surface area contributed by atoms with Crippen molar-refractivity contribution in [1.82, 2.24) is 0 Å². The molecule has 2 aromatic carbocycles. The van der Waals surface area contributed by atoms with Crippen molar-refractivity contribution in [2.75, 3.05) is 44.1 Å². The number of halogens is 1. The van der Waals surface area contributed by atoms with Crippen molar-refractivity contribution in [3.05, 3.63) is 48.5 Å². The molecule has 0 saturated carbocycles. The Bertz CT molecular complexity index is 755. The Morgan fingerprint density at radius 1 is 1.15 bits per heavy atom. The Morgan fingerprint density at radius 2 is 1.89 bits per heavy atom. The van der Waals surface area contributed by atoms with Gasteiger partial charge in [0.1, 0.15) is 0 Å². The summed E-state index contributed by atoms with van der Waals surface area (Å²) < 4.78 is 10.5. The second kappa shape index (κ2) is 10.2. The molecule has 27 heavy (non-hydrogen) atoms. The van der Waals surface area contributed by atoms with Crippen LogP contribution < -0.4 is 25.4 Å². The monoisotopic (exact) mass is 482 g/mol. The third-order valence-corrected chi connectivity index (χ3v) is 4.58. The highest BCUT2D eigenvalue weighted by atomic mass is 127. The minimum atomic E-state index is 0. The van der Waals surface area contributed by atoms with Crippen LogP contribution in [0.1, 0.15) is 6.42 Å². The molecule has 7 heteroatoms. The van der Waals surface area contributed by atoms with Gasteiger partial charge < -0.3 is 25.4 Å². The predicted molar refractivity (Wildman–Crippen MR) is 122 cm³/mol. The normalized spacial score (nSPS) is 16.6. The summed E-state index contributed by atoms with van der Waals surface area (Å²) in [4.78, 5) is 6.91. The molecule has 1 fully saturated rings. The van der Waals surface area contributed by atoms with Crippen molar-refractivity contribution in [3.8, 4) is 11.5 Å². The van der Waals surface area contributed by atoms with Crippen LogP contribution in [0.15, 0.2) is 53.5 Å². The zero-order chi connectivity index (χ0) is 18.4. The van der Waals surface area contributed by atoms with Crippen molar-refractivity contribution in [1.29, 1.82) is 0 Å². The van der Waals surface area contributed by atoms with Gasteiger partial charge in [-0.1, -0.05) is 18.2 Å². The number of nitrogens with zero attached hydrogens (tertiary/aromatic N) is 2. The fourth-order valence-electron chi connectivity index (χ4n) is 3.18. The molecule has 0 aromatic heterocycles. The van der Waals surface area contributed by atoms with Gasteiger partial charge in [-0.05, 0) is 36.6 Å². The molecule has 2 aromatic rings. The first-order valence-corrected chi connectivity index (χ1v) is 8.78. The number of nitrogens with one attached hydrogen (secondary N) is 1. The number of para-hydroxylation sites is 1. The quantitative estimate of drug-likeness (QED) is 0.374. The van der Waals surface area contributed by atoms with E-state index in [0.717, 1.165) is 31.7 Å². The van der Waals surface area contributed by atoms with E-state index in [1.165, 1.54) is 5.69 Å². The fourth-order valence-corrected chi connectivity index (χ4v) is 3.18. The Balaban J connectivity index is 0.00000261. The van der Waals surface area contributed by atoms with Gasteiger partial charge in [-0.2, -0.15) is 0 Å². The first kappa shape index (κ1) is 21.1. The minimum absolute atomic E-state index is 0. The summed E-state index contributed by atoms with van der Waals surface area (Å²) in [6.07, 6.45) is 1.13. The highest BCUT2D eigenvalue weighted by Gasteiger charge is 2.22. The Morgan fingerprint density at radius 3 is 2.59 bits per heavy atom. The van der Waals surface area contributed by atoms with E-state index >= 15 is 0 Å². The molecule has 1 aliphatic heterocycles. The molecule has 0 radical (unpaired) electrons. The van der Waals surface area contributed by atoms with E-state index in [9.17, 15) is 0 Å². The molecule has 146 valence electrons. The molecule has 3 rings (SSSR count). The van der Waals surface area contributed by atoms with Crippen LogP contribution in [0.4, 0.5) is 11.4 Å². The Labute approximate surface area is 177 Å². The molecule has 1 atom stereocenters. The van der Waals surface area contributed by atoms with Crippen LogP contribution in [0.2, 0.25) is 0 Å². The molecule has 3 N–H and O–H groups in total. The van der Waals surface area contributed by atoms with E-state index in [1.807, 2.05) is 24.3 Å². The maximum absolute atomic E-state index is 6.04. The number of guanidine groups is 1. The summed E-state index contributed by atoms with van der Waals surface area (Å²) in [7, 11) is 3.22. The lowest BCUT2D eigenvalue weighted by atomic mass is 10.1. The standard InChI is InChI=1S/C20H26N4O2.HI/c1-25-18-9-8-16(12-19(18)26-2)23-20(21)22-13-15-10-11-24(14-15)17-6-4-3-5-7-17;/h3-9,12,15H,10-11,13-14H2,1-2H3,(H3,21,22,23);1H. The molecule has 0 bridgehead atoms. The van der Waals surface area contributed by atoms with Crippen LogP contribution in [-0.4, -0.2) is 39.8 Å². The Kier molecular flexibility index (Phi) is 8.02. The second-order valence-corrected chi connectivity index (χ2v) is 6.36. The first-order chi connectivity index (χ1) is 12.7. The van der Waals surface area contributed by atoms with Gasteiger partial charge in [0.25, 0.3) is 0 Å². The number of methoxy groups -OCH3 is 2. The van der Waals surface area contributed by atoms with E-state index in [-0.39, 0.29) is 24.0 Å². The molecule has 1 aliphatic rings. The molecule has 1 unspecified atom stereocenters. The molecular formula is C20H27IN4O2. The number of hydrogen-bond acceptors (Lipinski definition) is 4. The van der Waals surface area contributed by atoms with Crippen LogP contribution >= 0.6 is 24.0 Å². The number of ether oxygens (including phenoxy) is 2. The van der Waals surface area contributed by atoms with Gasteiger partial charge in [-0.25, -0.2) is 0 Å². The number of hydrogen-bond donors (Lipinski definition) is 2. The molecule has 0 spiro atoms. The number of rotatable bonds is 6. The zero-order valence-corrected chi connectivity index (χ0v) is 18.1. The summed E-state index contributed by atoms with van der Waals surface area (Å²) in [5.41, 5.74) is 8.14. The van der Waals surface area contributed by atoms with Crippen LogP contribution in [0, 0.1) is 5.92 Å². The van der Waals surface area contributed by atoms with E-state index < -0.39 is 0 Å². The first-order valence-electron chi connectivity index (χ1n) is 8.78. The van der Waals surface area contributed by atoms with Crippen LogP contribution in [0.5, 0.6) is 11.5 Å². The predicted octanol–water partition coefficient (Wildman–Crippen LogP) is 3.57. The number of benzene rings is 2. The lowest BCUT2D eigenvalue weighted by Crippen LogP contribution is -2.25. The van der Waals surface area contributed by atoms with Gasteiger partial charge in [0, 0.05) is 37.1 Å². The van der Waals surface area contributed by atoms with Crippen molar-refractivity contribution >= 4 is 41.3 Å². The molecule has 1 saturated heterocycles. The van der Waals surface area contributed by atoms with Crippen molar-refractivity contribution in [2.45, 2.75) is 6.42 Å². The summed E-state index contributed by atoms with van der Waals surface area (Å²) in [5.74, 6) is 2.26. The van der Waals surface area contributed by atoms with Gasteiger partial charge >= 0.3 is 0 Å². The van der Waals surface area contributed by atoms with E-state index in [0.29, 0.717) is 23.4 Å². The lowest BCUT2D eigenvalue weighted by molar-refractivity contribution is 0.355. The summed E-state index contributed by atoms with van der Waals surface area (Å²) >= 11 is 0. The van der Waals surface area contributed by atoms with Gasteiger partial charge in [0.2, 0.25) is 0 Å². The van der Waals surface area contributed by atoms with Crippen LogP contribution in [0.3, 0.4) is 0 Å². The van der Waals surface area contributed by atoms with Crippen LogP contribution in [-0.2, 0) is 0 Å². The summed E-state index contributed by atoms with van der Waals surface area (Å²) in [5, 5.41) is 3.11. The maximum atomic E-state index is 6.04. The highest BCUT2D eigenvalue weighted by Crippen LogP contribution is 2.29. The van der Waals surface area contributed by atoms with E-state index in [1.54, 1.807) is 14.2 Å². The van der Waals surface area contributed by atoms with E-state index in [2.05, 4.69) is 39.5 Å². The Hall–Kier alpha value is -2.16. The maximum Gasteiger partial charge on any atom is 0.193 e. The topological polar surface area (TPSA) is 72.1 Å². The third-order valence-electron chi connectivity index (χ3n) is 4.58. The van der Waals surface area contributed by atoms with Gasteiger partial charge in [0.05, 0.1) is 14.2 Å². The number of aliphatic imine (C=N–C) groups is 1. The zero-order valence-electron chi connectivity index (χ0n) is 15.7. The average Bonchev–Trinajstić information content (AvgIpc) is 3.16. The van der Waals surface area contributed by atoms with Gasteiger partial charge in [0.15, 0.2) is 17.5 Å². The van der Waals surface area contributed by atoms with Gasteiger partial charge in [-0.15, -0.1) is 24.0 Å². The van der Waals surface area contributed by atoms with Crippen LogP contribution in [0.25, 0.3) is 0 Å². The fraction of sp³-hybridized carbons (Fsp3) is 0.350. The largest absolute Gasteiger partial charge is 0.493 e. The van der Waals surface area contributed by atoms with Gasteiger partial charge in [-0.3, -0.25) is 4.99 Å². The van der Waals surface area contributed by atoms with Crippen molar-refractivity contribution < 1.29 is 9.47 Å². The molecule has 6 nitrogen and oxygen atoms in total. The molecule has 1 heterocycles. The SMILES string of the molecule is COc1ccc(NC(N)=NCC2CCN(c3ccccc3)C2)cc1OC.I.